The van der Waals surface area contributed by atoms with E-state index in [1.165, 1.54) is 4.31 Å². The lowest BCUT2D eigenvalue weighted by atomic mass is 10.0. The second kappa shape index (κ2) is 5.92. The molecule has 6 nitrogen and oxygen atoms in total. The number of nitrogens with one attached hydrogen (secondary N) is 1. The summed E-state index contributed by atoms with van der Waals surface area (Å²) in [6.07, 6.45) is -4.31. The Morgan fingerprint density at radius 3 is 2.33 bits per heavy atom. The highest BCUT2D eigenvalue weighted by atomic mass is 32.2. The van der Waals surface area contributed by atoms with Crippen molar-refractivity contribution in [1.29, 1.82) is 0 Å². The molecule has 0 bridgehead atoms. The molecule has 1 aromatic rings. The minimum absolute atomic E-state index is 0.00570. The first-order valence-electron chi connectivity index (χ1n) is 7.44. The van der Waals surface area contributed by atoms with Gasteiger partial charge in [0.1, 0.15) is 0 Å². The van der Waals surface area contributed by atoms with Gasteiger partial charge in [-0.3, -0.25) is 9.10 Å². The third-order valence-corrected chi connectivity index (χ3v) is 5.74. The Morgan fingerprint density at radius 1 is 1.08 bits per heavy atom. The van der Waals surface area contributed by atoms with Crippen LogP contribution in [0.1, 0.15) is 11.1 Å². The van der Waals surface area contributed by atoms with Crippen LogP contribution in [-0.2, 0) is 27.8 Å². The van der Waals surface area contributed by atoms with E-state index < -0.39 is 22.3 Å². The van der Waals surface area contributed by atoms with Crippen molar-refractivity contribution >= 4 is 21.8 Å². The molecule has 1 fully saturated rings. The van der Waals surface area contributed by atoms with Gasteiger partial charge in [-0.15, -0.1) is 0 Å². The summed E-state index contributed by atoms with van der Waals surface area (Å²) in [5, 5.41) is 0. The summed E-state index contributed by atoms with van der Waals surface area (Å²) < 4.78 is 65.1. The Labute approximate surface area is 137 Å². The van der Waals surface area contributed by atoms with Crippen LogP contribution in [-0.4, -0.2) is 51.6 Å². The predicted octanol–water partition coefficient (Wildman–Crippen LogP) is 0.831. The van der Waals surface area contributed by atoms with Crippen LogP contribution in [0.5, 0.6) is 0 Å². The van der Waals surface area contributed by atoms with Gasteiger partial charge in [0.2, 0.25) is 0 Å². The quantitative estimate of drug-likeness (QED) is 0.804. The van der Waals surface area contributed by atoms with Gasteiger partial charge in [0.15, 0.2) is 0 Å². The maximum Gasteiger partial charge on any atom is 0.471 e. The standard InChI is InChI=1S/C14H16F3N3O3S/c15-14(16,17)13(21)19-6-3-10-1-2-12(9-11(10)4-7-19)20-8-5-18-24(20,22)23/h1-2,9,18H,3-8H2. The molecule has 0 radical (unpaired) electrons. The molecule has 2 heterocycles. The monoisotopic (exact) mass is 363 g/mol. The van der Waals surface area contributed by atoms with Crippen molar-refractivity contribution in [1.82, 2.24) is 9.62 Å². The van der Waals surface area contributed by atoms with Crippen LogP contribution in [0.2, 0.25) is 0 Å². The Morgan fingerprint density at radius 2 is 1.75 bits per heavy atom. The molecule has 1 amide bonds. The van der Waals surface area contributed by atoms with Gasteiger partial charge in [0, 0.05) is 26.2 Å². The van der Waals surface area contributed by atoms with Crippen molar-refractivity contribution in [3.63, 3.8) is 0 Å². The van der Waals surface area contributed by atoms with Crippen LogP contribution in [0.3, 0.4) is 0 Å². The molecule has 132 valence electrons. The molecular formula is C14H16F3N3O3S. The maximum atomic E-state index is 12.6. The number of hydrogen-bond donors (Lipinski definition) is 1. The molecule has 2 aliphatic rings. The fourth-order valence-electron chi connectivity index (χ4n) is 2.99. The number of halogens is 3. The van der Waals surface area contributed by atoms with E-state index in [1.54, 1.807) is 18.2 Å². The molecular weight excluding hydrogens is 347 g/mol. The van der Waals surface area contributed by atoms with Gasteiger partial charge >= 0.3 is 22.3 Å². The number of amides is 1. The van der Waals surface area contributed by atoms with Gasteiger partial charge in [-0.1, -0.05) is 6.07 Å². The third kappa shape index (κ3) is 3.20. The molecule has 0 unspecified atom stereocenters. The van der Waals surface area contributed by atoms with Crippen molar-refractivity contribution in [2.24, 2.45) is 0 Å². The number of fused-ring (bicyclic) bond motifs is 1. The normalized spacial score (nSPS) is 20.6. The highest BCUT2D eigenvalue weighted by Gasteiger charge is 2.42. The lowest BCUT2D eigenvalue weighted by Crippen LogP contribution is -2.42. The van der Waals surface area contributed by atoms with Crippen molar-refractivity contribution in [3.05, 3.63) is 29.3 Å². The summed E-state index contributed by atoms with van der Waals surface area (Å²) in [6.45, 7) is 0.571. The van der Waals surface area contributed by atoms with E-state index in [9.17, 15) is 26.4 Å². The Hall–Kier alpha value is -1.81. The Kier molecular flexibility index (Phi) is 4.20. The minimum Gasteiger partial charge on any atom is -0.334 e. The number of nitrogens with zero attached hydrogens (tertiary/aromatic N) is 2. The summed E-state index contributed by atoms with van der Waals surface area (Å²) in [6, 6.07) is 5.05. The topological polar surface area (TPSA) is 69.7 Å². The summed E-state index contributed by atoms with van der Waals surface area (Å²) in [5.74, 6) is -1.83. The van der Waals surface area contributed by atoms with Gasteiger partial charge in [-0.25, -0.2) is 0 Å². The molecule has 0 saturated carbocycles. The zero-order valence-corrected chi connectivity index (χ0v) is 13.5. The van der Waals surface area contributed by atoms with Gasteiger partial charge in [-0.2, -0.15) is 26.3 Å². The second-order valence-corrected chi connectivity index (χ2v) is 7.39. The summed E-state index contributed by atoms with van der Waals surface area (Å²) in [5.41, 5.74) is 2.09. The van der Waals surface area contributed by atoms with E-state index >= 15 is 0 Å². The number of hydrogen-bond acceptors (Lipinski definition) is 3. The van der Waals surface area contributed by atoms with Crippen molar-refractivity contribution < 1.29 is 26.4 Å². The minimum atomic E-state index is -4.88. The first kappa shape index (κ1) is 17.0. The number of carbonyl (C=O) groups excluding carboxylic acids is 1. The average Bonchev–Trinajstić information content (AvgIpc) is 2.73. The third-order valence-electron chi connectivity index (χ3n) is 4.20. The lowest BCUT2D eigenvalue weighted by molar-refractivity contribution is -0.185. The zero-order valence-electron chi connectivity index (χ0n) is 12.6. The first-order valence-corrected chi connectivity index (χ1v) is 8.88. The molecule has 1 aromatic carbocycles. The van der Waals surface area contributed by atoms with E-state index in [2.05, 4.69) is 4.72 Å². The summed E-state index contributed by atoms with van der Waals surface area (Å²) in [7, 11) is -3.55. The molecule has 2 aliphatic heterocycles. The van der Waals surface area contributed by atoms with Gasteiger partial charge in [-0.05, 0) is 36.1 Å². The van der Waals surface area contributed by atoms with E-state index in [4.69, 9.17) is 0 Å². The number of benzene rings is 1. The van der Waals surface area contributed by atoms with Crippen LogP contribution in [0.15, 0.2) is 18.2 Å². The van der Waals surface area contributed by atoms with Crippen molar-refractivity contribution in [2.45, 2.75) is 19.0 Å². The number of alkyl halides is 3. The van der Waals surface area contributed by atoms with Gasteiger partial charge in [0.05, 0.1) is 5.69 Å². The van der Waals surface area contributed by atoms with E-state index in [0.717, 1.165) is 16.0 Å². The van der Waals surface area contributed by atoms with Crippen LogP contribution < -0.4 is 9.03 Å². The van der Waals surface area contributed by atoms with Crippen LogP contribution in [0.25, 0.3) is 0 Å². The van der Waals surface area contributed by atoms with E-state index in [-0.39, 0.29) is 19.5 Å². The van der Waals surface area contributed by atoms with Crippen molar-refractivity contribution in [2.75, 3.05) is 30.5 Å². The molecule has 1 saturated heterocycles. The fourth-order valence-corrected chi connectivity index (χ4v) is 4.22. The lowest BCUT2D eigenvalue weighted by Gasteiger charge is -2.21. The van der Waals surface area contributed by atoms with Gasteiger partial charge in [0.25, 0.3) is 0 Å². The van der Waals surface area contributed by atoms with Crippen LogP contribution >= 0.6 is 0 Å². The average molecular weight is 363 g/mol. The number of anilines is 1. The molecule has 0 aliphatic carbocycles. The highest BCUT2D eigenvalue weighted by Crippen LogP contribution is 2.27. The van der Waals surface area contributed by atoms with Crippen LogP contribution in [0, 0.1) is 0 Å². The first-order chi connectivity index (χ1) is 11.2. The van der Waals surface area contributed by atoms with Crippen LogP contribution in [0.4, 0.5) is 18.9 Å². The molecule has 3 rings (SSSR count). The highest BCUT2D eigenvalue weighted by molar-refractivity contribution is 7.91. The zero-order chi connectivity index (χ0) is 17.5. The van der Waals surface area contributed by atoms with E-state index in [1.807, 2.05) is 0 Å². The summed E-state index contributed by atoms with van der Waals surface area (Å²) >= 11 is 0. The van der Waals surface area contributed by atoms with E-state index in [0.29, 0.717) is 25.2 Å². The number of carbonyl (C=O) groups is 1. The molecule has 24 heavy (non-hydrogen) atoms. The fraction of sp³-hybridized carbons (Fsp3) is 0.500. The number of rotatable bonds is 1. The Bertz CT molecular complexity index is 764. The van der Waals surface area contributed by atoms with Crippen molar-refractivity contribution in [3.8, 4) is 0 Å². The van der Waals surface area contributed by atoms with Gasteiger partial charge < -0.3 is 4.90 Å². The molecule has 10 heteroatoms. The SMILES string of the molecule is O=C(N1CCc2ccc(N3CCNS3(=O)=O)cc2CC1)C(F)(F)F. The molecule has 0 aromatic heterocycles. The smallest absolute Gasteiger partial charge is 0.334 e. The molecule has 0 atom stereocenters. The molecule has 0 spiro atoms. The predicted molar refractivity (Wildman–Crippen MR) is 80.8 cm³/mol. The maximum absolute atomic E-state index is 12.6. The largest absolute Gasteiger partial charge is 0.471 e. The molecule has 1 N–H and O–H groups in total. The summed E-state index contributed by atoms with van der Waals surface area (Å²) in [4.78, 5) is 12.2. The second-order valence-electron chi connectivity index (χ2n) is 5.71. The Balaban J connectivity index is 1.82.